The fourth-order valence-electron chi connectivity index (χ4n) is 1.94. The highest BCUT2D eigenvalue weighted by molar-refractivity contribution is 9.10. The summed E-state index contributed by atoms with van der Waals surface area (Å²) in [6.45, 7) is 1.90. The van der Waals surface area contributed by atoms with Gasteiger partial charge in [0.05, 0.1) is 4.47 Å². The Balaban J connectivity index is 1.94. The maximum atomic E-state index is 10.5. The Labute approximate surface area is 115 Å². The summed E-state index contributed by atoms with van der Waals surface area (Å²) in [4.78, 5) is 12.7. The van der Waals surface area contributed by atoms with Gasteiger partial charge < -0.3 is 9.84 Å². The molecule has 0 radical (unpaired) electrons. The van der Waals surface area contributed by atoms with E-state index in [2.05, 4.69) is 27.9 Å². The van der Waals surface area contributed by atoms with Crippen molar-refractivity contribution in [2.45, 2.75) is 18.9 Å². The molecule has 1 N–H and O–H groups in total. The second kappa shape index (κ2) is 5.71. The van der Waals surface area contributed by atoms with E-state index in [4.69, 9.17) is 9.84 Å². The Kier molecular flexibility index (Phi) is 4.24. The van der Waals surface area contributed by atoms with Gasteiger partial charge in [-0.1, -0.05) is 6.07 Å². The van der Waals surface area contributed by atoms with E-state index in [9.17, 15) is 4.79 Å². The van der Waals surface area contributed by atoms with Crippen molar-refractivity contribution in [1.29, 1.82) is 0 Å². The number of aryl methyl sites for hydroxylation is 1. The van der Waals surface area contributed by atoms with Crippen LogP contribution in [0.1, 0.15) is 12.0 Å². The van der Waals surface area contributed by atoms with Gasteiger partial charge in [0, 0.05) is 19.5 Å². The Morgan fingerprint density at radius 2 is 2.28 bits per heavy atom. The van der Waals surface area contributed by atoms with Crippen LogP contribution in [0, 0.1) is 0 Å². The lowest BCUT2D eigenvalue weighted by Crippen LogP contribution is -2.51. The van der Waals surface area contributed by atoms with Crippen molar-refractivity contribution in [3.05, 3.63) is 28.2 Å². The highest BCUT2D eigenvalue weighted by Gasteiger charge is 2.25. The van der Waals surface area contributed by atoms with Gasteiger partial charge in [-0.05, 0) is 47.1 Å². The largest absolute Gasteiger partial charge is 0.487 e. The van der Waals surface area contributed by atoms with Gasteiger partial charge in [-0.25, -0.2) is 0 Å². The molecular weight excluding hydrogens is 298 g/mol. The van der Waals surface area contributed by atoms with Crippen LogP contribution in [-0.2, 0) is 11.2 Å². The number of nitrogens with zero attached hydrogens (tertiary/aromatic N) is 1. The van der Waals surface area contributed by atoms with Gasteiger partial charge in [0.2, 0.25) is 0 Å². The predicted octanol–water partition coefficient (Wildman–Crippen LogP) is 2.16. The average Bonchev–Trinajstić information content (AvgIpc) is 2.27. The minimum absolute atomic E-state index is 0.153. The van der Waals surface area contributed by atoms with E-state index in [0.29, 0.717) is 6.42 Å². The summed E-state index contributed by atoms with van der Waals surface area (Å²) >= 11 is 3.47. The molecule has 0 amide bonds. The molecule has 2 rings (SSSR count). The van der Waals surface area contributed by atoms with Crippen molar-refractivity contribution in [3.63, 3.8) is 0 Å². The molecule has 1 heterocycles. The van der Waals surface area contributed by atoms with E-state index in [0.717, 1.165) is 28.9 Å². The van der Waals surface area contributed by atoms with E-state index in [1.165, 1.54) is 0 Å². The number of carboxylic acids is 1. The second-order valence-electron chi connectivity index (χ2n) is 4.62. The number of benzene rings is 1. The van der Waals surface area contributed by atoms with E-state index in [-0.39, 0.29) is 12.5 Å². The maximum Gasteiger partial charge on any atom is 0.303 e. The first-order chi connectivity index (χ1) is 8.54. The molecular formula is C13H16BrNO3. The summed E-state index contributed by atoms with van der Waals surface area (Å²) in [7, 11) is 2.06. The maximum absolute atomic E-state index is 10.5. The Hall–Kier alpha value is -1.07. The summed E-state index contributed by atoms with van der Waals surface area (Å²) in [5, 5.41) is 8.64. The molecule has 1 aromatic rings. The first-order valence-corrected chi connectivity index (χ1v) is 6.69. The van der Waals surface area contributed by atoms with Gasteiger partial charge in [-0.15, -0.1) is 0 Å². The van der Waals surface area contributed by atoms with Crippen molar-refractivity contribution in [2.24, 2.45) is 0 Å². The minimum Gasteiger partial charge on any atom is -0.487 e. The quantitative estimate of drug-likeness (QED) is 0.905. The Morgan fingerprint density at radius 1 is 1.56 bits per heavy atom. The lowest BCUT2D eigenvalue weighted by molar-refractivity contribution is -0.136. The van der Waals surface area contributed by atoms with Gasteiger partial charge in [0.1, 0.15) is 11.9 Å². The van der Waals surface area contributed by atoms with Crippen molar-refractivity contribution < 1.29 is 14.6 Å². The number of ether oxygens (including phenoxy) is 1. The molecule has 1 aliphatic rings. The lowest BCUT2D eigenvalue weighted by atomic mass is 10.1. The number of hydrogen-bond donors (Lipinski definition) is 1. The molecule has 0 atom stereocenters. The van der Waals surface area contributed by atoms with Crippen LogP contribution >= 0.6 is 15.9 Å². The first kappa shape index (κ1) is 13.4. The van der Waals surface area contributed by atoms with Crippen LogP contribution in [0.3, 0.4) is 0 Å². The third kappa shape index (κ3) is 3.46. The SMILES string of the molecule is CN1CC(Oc2ccc(CCC(=O)O)cc2Br)C1. The van der Waals surface area contributed by atoms with Crippen LogP contribution in [0.25, 0.3) is 0 Å². The van der Waals surface area contributed by atoms with Gasteiger partial charge >= 0.3 is 5.97 Å². The summed E-state index contributed by atoms with van der Waals surface area (Å²) in [6.07, 6.45) is 0.955. The Morgan fingerprint density at radius 3 is 2.83 bits per heavy atom. The number of rotatable bonds is 5. The first-order valence-electron chi connectivity index (χ1n) is 5.90. The molecule has 0 unspecified atom stereocenters. The van der Waals surface area contributed by atoms with Crippen molar-refractivity contribution in [1.82, 2.24) is 4.90 Å². The Bertz CT molecular complexity index is 444. The topological polar surface area (TPSA) is 49.8 Å². The van der Waals surface area contributed by atoms with Crippen molar-refractivity contribution >= 4 is 21.9 Å². The molecule has 0 aromatic heterocycles. The number of likely N-dealkylation sites (tertiary alicyclic amines) is 1. The average molecular weight is 314 g/mol. The standard InChI is InChI=1S/C13H16BrNO3/c1-15-7-10(8-15)18-12-4-2-9(6-11(12)14)3-5-13(16)17/h2,4,6,10H,3,5,7-8H2,1H3,(H,16,17). The molecule has 4 nitrogen and oxygen atoms in total. The summed E-state index contributed by atoms with van der Waals surface area (Å²) in [5.74, 6) is 0.0520. The molecule has 18 heavy (non-hydrogen) atoms. The summed E-state index contributed by atoms with van der Waals surface area (Å²) in [6, 6.07) is 5.76. The monoisotopic (exact) mass is 313 g/mol. The fraction of sp³-hybridized carbons (Fsp3) is 0.462. The molecule has 5 heteroatoms. The highest BCUT2D eigenvalue weighted by atomic mass is 79.9. The number of halogens is 1. The van der Waals surface area contributed by atoms with E-state index >= 15 is 0 Å². The number of carboxylic acid groups (broad SMARTS) is 1. The molecule has 98 valence electrons. The van der Waals surface area contributed by atoms with Crippen LogP contribution in [0.15, 0.2) is 22.7 Å². The third-order valence-electron chi connectivity index (χ3n) is 2.95. The number of carbonyl (C=O) groups is 1. The molecule has 1 saturated heterocycles. The number of likely N-dealkylation sites (N-methyl/N-ethyl adjacent to an activating group) is 1. The molecule has 0 aliphatic carbocycles. The predicted molar refractivity (Wildman–Crippen MR) is 72.0 cm³/mol. The molecule has 0 bridgehead atoms. The minimum atomic E-state index is -0.774. The smallest absolute Gasteiger partial charge is 0.303 e. The second-order valence-corrected chi connectivity index (χ2v) is 5.47. The zero-order valence-electron chi connectivity index (χ0n) is 10.2. The van der Waals surface area contributed by atoms with Crippen LogP contribution < -0.4 is 4.74 Å². The van der Waals surface area contributed by atoms with Crippen LogP contribution in [0.5, 0.6) is 5.75 Å². The normalized spacial score (nSPS) is 16.3. The van der Waals surface area contributed by atoms with Gasteiger partial charge in [-0.3, -0.25) is 9.69 Å². The van der Waals surface area contributed by atoms with E-state index in [1.54, 1.807) is 0 Å². The molecule has 1 aromatic carbocycles. The van der Waals surface area contributed by atoms with E-state index < -0.39 is 5.97 Å². The fourth-order valence-corrected chi connectivity index (χ4v) is 2.46. The lowest BCUT2D eigenvalue weighted by Gasteiger charge is -2.36. The summed E-state index contributed by atoms with van der Waals surface area (Å²) < 4.78 is 6.72. The van der Waals surface area contributed by atoms with Gasteiger partial charge in [-0.2, -0.15) is 0 Å². The summed E-state index contributed by atoms with van der Waals surface area (Å²) in [5.41, 5.74) is 1.00. The number of hydrogen-bond acceptors (Lipinski definition) is 3. The molecule has 0 saturated carbocycles. The van der Waals surface area contributed by atoms with E-state index in [1.807, 2.05) is 18.2 Å². The van der Waals surface area contributed by atoms with Gasteiger partial charge in [0.15, 0.2) is 0 Å². The van der Waals surface area contributed by atoms with Crippen LogP contribution in [-0.4, -0.2) is 42.2 Å². The van der Waals surface area contributed by atoms with Crippen LogP contribution in [0.2, 0.25) is 0 Å². The molecule has 1 aliphatic heterocycles. The van der Waals surface area contributed by atoms with Crippen LogP contribution in [0.4, 0.5) is 0 Å². The third-order valence-corrected chi connectivity index (χ3v) is 3.57. The number of aliphatic carboxylic acids is 1. The van der Waals surface area contributed by atoms with Crippen molar-refractivity contribution in [2.75, 3.05) is 20.1 Å². The van der Waals surface area contributed by atoms with Gasteiger partial charge in [0.25, 0.3) is 0 Å². The highest BCUT2D eigenvalue weighted by Crippen LogP contribution is 2.28. The molecule has 1 fully saturated rings. The zero-order chi connectivity index (χ0) is 13.1. The zero-order valence-corrected chi connectivity index (χ0v) is 11.8. The van der Waals surface area contributed by atoms with Crippen molar-refractivity contribution in [3.8, 4) is 5.75 Å². The molecule has 0 spiro atoms.